The van der Waals surface area contributed by atoms with Crippen molar-refractivity contribution in [1.82, 2.24) is 4.98 Å². The number of ether oxygens (including phenoxy) is 1. The Morgan fingerprint density at radius 1 is 1.55 bits per heavy atom. The van der Waals surface area contributed by atoms with Crippen LogP contribution in [0.3, 0.4) is 0 Å². The van der Waals surface area contributed by atoms with Gasteiger partial charge in [0, 0.05) is 5.56 Å². The number of hydrogen-bond donors (Lipinski definition) is 1. The number of rotatable bonds is 5. The summed E-state index contributed by atoms with van der Waals surface area (Å²) in [6, 6.07) is 7.18. The molecule has 5 nitrogen and oxygen atoms in total. The molecule has 0 aliphatic carbocycles. The normalized spacial score (nSPS) is 10.0. The summed E-state index contributed by atoms with van der Waals surface area (Å²) < 4.78 is 5.51. The van der Waals surface area contributed by atoms with Crippen molar-refractivity contribution in [3.63, 3.8) is 0 Å². The van der Waals surface area contributed by atoms with Crippen molar-refractivity contribution >= 4 is 17.3 Å². The fourth-order valence-corrected chi connectivity index (χ4v) is 2.70. The monoisotopic (exact) mass is 314 g/mol. The van der Waals surface area contributed by atoms with E-state index in [0.29, 0.717) is 34.2 Å². The fourth-order valence-electron chi connectivity index (χ4n) is 1.80. The lowest BCUT2D eigenvalue weighted by molar-refractivity contribution is 0.0701. The molecule has 0 radical (unpaired) electrons. The van der Waals surface area contributed by atoms with E-state index in [1.54, 1.807) is 25.1 Å². The van der Waals surface area contributed by atoms with Gasteiger partial charge < -0.3 is 9.84 Å². The lowest BCUT2D eigenvalue weighted by atomic mass is 10.1. The van der Waals surface area contributed by atoms with Crippen LogP contribution in [0.1, 0.15) is 27.9 Å². The molecule has 22 heavy (non-hydrogen) atoms. The third-order valence-corrected chi connectivity index (χ3v) is 4.01. The van der Waals surface area contributed by atoms with Crippen molar-refractivity contribution in [3.05, 3.63) is 46.5 Å². The number of hydrogen-bond acceptors (Lipinski definition) is 5. The summed E-state index contributed by atoms with van der Waals surface area (Å²) in [6.07, 6.45) is 0. The standard InChI is InChI=1S/C16H14N2O3S/c1-9(2)8-21-13-5-4-11(6-12(13)7-17)15-18-10(3)14(22-15)16(19)20/h4-6H,1,8H2,2-3H3,(H,19,20). The second kappa shape index (κ2) is 6.41. The van der Waals surface area contributed by atoms with E-state index in [4.69, 9.17) is 9.84 Å². The number of nitrogens with zero attached hydrogens (tertiary/aromatic N) is 2. The minimum Gasteiger partial charge on any atom is -0.488 e. The summed E-state index contributed by atoms with van der Waals surface area (Å²) in [4.78, 5) is 15.5. The summed E-state index contributed by atoms with van der Waals surface area (Å²) >= 11 is 1.09. The van der Waals surface area contributed by atoms with Crippen molar-refractivity contribution in [1.29, 1.82) is 5.26 Å². The molecular formula is C16H14N2O3S. The molecule has 0 unspecified atom stereocenters. The highest BCUT2D eigenvalue weighted by Gasteiger charge is 2.16. The molecule has 0 aliphatic rings. The molecule has 0 atom stereocenters. The largest absolute Gasteiger partial charge is 0.488 e. The van der Waals surface area contributed by atoms with E-state index >= 15 is 0 Å². The van der Waals surface area contributed by atoms with E-state index in [9.17, 15) is 10.1 Å². The van der Waals surface area contributed by atoms with Crippen molar-refractivity contribution in [2.24, 2.45) is 0 Å². The highest BCUT2D eigenvalue weighted by Crippen LogP contribution is 2.31. The predicted octanol–water partition coefficient (Wildman–Crippen LogP) is 3.64. The lowest BCUT2D eigenvalue weighted by Gasteiger charge is -2.08. The van der Waals surface area contributed by atoms with Crippen LogP contribution < -0.4 is 4.74 Å². The molecule has 1 heterocycles. The van der Waals surface area contributed by atoms with Crippen LogP contribution in [0.15, 0.2) is 30.4 Å². The first-order chi connectivity index (χ1) is 10.4. The number of thiazole rings is 1. The number of aromatic carboxylic acids is 1. The molecule has 0 spiro atoms. The zero-order valence-electron chi connectivity index (χ0n) is 12.2. The number of carboxylic acids is 1. The van der Waals surface area contributed by atoms with Gasteiger partial charge in [-0.15, -0.1) is 11.3 Å². The number of nitriles is 1. The Morgan fingerprint density at radius 3 is 2.82 bits per heavy atom. The molecule has 6 heteroatoms. The molecule has 0 fully saturated rings. The van der Waals surface area contributed by atoms with Crippen LogP contribution in [0, 0.1) is 18.3 Å². The van der Waals surface area contributed by atoms with Gasteiger partial charge >= 0.3 is 5.97 Å². The smallest absolute Gasteiger partial charge is 0.347 e. The van der Waals surface area contributed by atoms with Crippen molar-refractivity contribution in [2.45, 2.75) is 13.8 Å². The Balaban J connectivity index is 2.37. The summed E-state index contributed by atoms with van der Waals surface area (Å²) in [5, 5.41) is 18.9. The van der Waals surface area contributed by atoms with Gasteiger partial charge in [-0.2, -0.15) is 5.26 Å². The molecule has 112 valence electrons. The third kappa shape index (κ3) is 3.32. The van der Waals surface area contributed by atoms with Gasteiger partial charge in [-0.05, 0) is 37.6 Å². The summed E-state index contributed by atoms with van der Waals surface area (Å²) in [6.45, 7) is 7.58. The van der Waals surface area contributed by atoms with Crippen LogP contribution in [0.5, 0.6) is 5.75 Å². The van der Waals surface area contributed by atoms with E-state index in [1.165, 1.54) is 0 Å². The highest BCUT2D eigenvalue weighted by molar-refractivity contribution is 7.17. The van der Waals surface area contributed by atoms with Gasteiger partial charge in [-0.1, -0.05) is 6.58 Å². The zero-order valence-corrected chi connectivity index (χ0v) is 13.0. The Labute approximate surface area is 132 Å². The number of aryl methyl sites for hydroxylation is 1. The molecule has 1 N–H and O–H groups in total. The van der Waals surface area contributed by atoms with Gasteiger partial charge in [0.15, 0.2) is 0 Å². The number of aromatic nitrogens is 1. The summed E-state index contributed by atoms with van der Waals surface area (Å²) in [7, 11) is 0. The fraction of sp³-hybridized carbons (Fsp3) is 0.188. The number of benzene rings is 1. The van der Waals surface area contributed by atoms with Crippen LogP contribution in [-0.2, 0) is 0 Å². The molecule has 0 saturated carbocycles. The van der Waals surface area contributed by atoms with Gasteiger partial charge in [0.25, 0.3) is 0 Å². The maximum Gasteiger partial charge on any atom is 0.347 e. The van der Waals surface area contributed by atoms with Gasteiger partial charge in [-0.3, -0.25) is 0 Å². The second-order valence-electron chi connectivity index (χ2n) is 4.81. The average Bonchev–Trinajstić information content (AvgIpc) is 2.87. The van der Waals surface area contributed by atoms with Gasteiger partial charge in [-0.25, -0.2) is 9.78 Å². The number of carbonyl (C=O) groups is 1. The SMILES string of the molecule is C=C(C)COc1ccc(-c2nc(C)c(C(=O)O)s2)cc1C#N. The predicted molar refractivity (Wildman–Crippen MR) is 84.3 cm³/mol. The van der Waals surface area contributed by atoms with Crippen LogP contribution in [0.25, 0.3) is 10.6 Å². The Morgan fingerprint density at radius 2 is 2.27 bits per heavy atom. The van der Waals surface area contributed by atoms with Crippen molar-refractivity contribution in [2.75, 3.05) is 6.61 Å². The molecular weight excluding hydrogens is 300 g/mol. The Kier molecular flexibility index (Phi) is 4.59. The quantitative estimate of drug-likeness (QED) is 0.852. The first-order valence-corrected chi connectivity index (χ1v) is 7.26. The molecule has 2 aromatic rings. The van der Waals surface area contributed by atoms with E-state index in [-0.39, 0.29) is 4.88 Å². The topological polar surface area (TPSA) is 83.2 Å². The maximum atomic E-state index is 11.1. The lowest BCUT2D eigenvalue weighted by Crippen LogP contribution is -1.99. The Hall–Kier alpha value is -2.65. The van der Waals surface area contributed by atoms with E-state index in [2.05, 4.69) is 17.6 Å². The molecule has 1 aromatic heterocycles. The van der Waals surface area contributed by atoms with E-state index < -0.39 is 5.97 Å². The van der Waals surface area contributed by atoms with Crippen LogP contribution in [-0.4, -0.2) is 22.7 Å². The molecule has 1 aromatic carbocycles. The molecule has 0 bridgehead atoms. The van der Waals surface area contributed by atoms with Crippen molar-refractivity contribution < 1.29 is 14.6 Å². The molecule has 0 saturated heterocycles. The third-order valence-electron chi connectivity index (χ3n) is 2.81. The maximum absolute atomic E-state index is 11.1. The van der Waals surface area contributed by atoms with Crippen LogP contribution in [0.2, 0.25) is 0 Å². The van der Waals surface area contributed by atoms with Crippen molar-refractivity contribution in [3.8, 4) is 22.4 Å². The molecule has 0 amide bonds. The minimum absolute atomic E-state index is 0.205. The average molecular weight is 314 g/mol. The zero-order chi connectivity index (χ0) is 16.3. The van der Waals surface area contributed by atoms with E-state index in [1.807, 2.05) is 6.92 Å². The second-order valence-corrected chi connectivity index (χ2v) is 5.81. The summed E-state index contributed by atoms with van der Waals surface area (Å²) in [5.74, 6) is -0.524. The highest BCUT2D eigenvalue weighted by atomic mass is 32.1. The first-order valence-electron chi connectivity index (χ1n) is 6.44. The van der Waals surface area contributed by atoms with Gasteiger partial charge in [0.2, 0.25) is 0 Å². The van der Waals surface area contributed by atoms with E-state index in [0.717, 1.165) is 16.9 Å². The van der Waals surface area contributed by atoms with Crippen LogP contribution >= 0.6 is 11.3 Å². The molecule has 2 rings (SSSR count). The number of carboxylic acid groups (broad SMARTS) is 1. The summed E-state index contributed by atoms with van der Waals surface area (Å²) in [5.41, 5.74) is 2.39. The molecule has 0 aliphatic heterocycles. The van der Waals surface area contributed by atoms with Gasteiger partial charge in [0.1, 0.15) is 28.3 Å². The Bertz CT molecular complexity index is 787. The van der Waals surface area contributed by atoms with Gasteiger partial charge in [0.05, 0.1) is 11.3 Å². The minimum atomic E-state index is -0.997. The van der Waals surface area contributed by atoms with Crippen LogP contribution in [0.4, 0.5) is 0 Å². The first kappa shape index (κ1) is 15.7.